The lowest BCUT2D eigenvalue weighted by Gasteiger charge is -2.17. The molecule has 1 heterocycles. The summed E-state index contributed by atoms with van der Waals surface area (Å²) in [4.78, 5) is 18.7. The number of nitrogens with zero attached hydrogens (tertiary/aromatic N) is 2. The van der Waals surface area contributed by atoms with E-state index in [0.29, 0.717) is 13.0 Å². The van der Waals surface area contributed by atoms with E-state index in [9.17, 15) is 4.79 Å². The predicted molar refractivity (Wildman–Crippen MR) is 123 cm³/mol. The van der Waals surface area contributed by atoms with Crippen LogP contribution < -0.4 is 20.3 Å². The van der Waals surface area contributed by atoms with E-state index in [-0.39, 0.29) is 5.91 Å². The van der Waals surface area contributed by atoms with Crippen LogP contribution in [0.25, 0.3) is 0 Å². The van der Waals surface area contributed by atoms with Gasteiger partial charge in [-0.25, -0.2) is 0 Å². The molecule has 0 unspecified atom stereocenters. The maximum absolute atomic E-state index is 12.6. The highest BCUT2D eigenvalue weighted by Gasteiger charge is 2.23. The van der Waals surface area contributed by atoms with Crippen molar-refractivity contribution in [3.8, 4) is 5.75 Å². The van der Waals surface area contributed by atoms with Gasteiger partial charge < -0.3 is 20.3 Å². The Labute approximate surface area is 179 Å². The van der Waals surface area contributed by atoms with Crippen molar-refractivity contribution in [1.29, 1.82) is 0 Å². The van der Waals surface area contributed by atoms with Crippen LogP contribution >= 0.6 is 0 Å². The molecular weight excluding hydrogens is 376 g/mol. The molecule has 0 atom stereocenters. The number of rotatable bonds is 8. The highest BCUT2D eigenvalue weighted by molar-refractivity contribution is 5.95. The first-order valence-electron chi connectivity index (χ1n) is 10.6. The second kappa shape index (κ2) is 10.7. The zero-order chi connectivity index (χ0) is 21.3. The van der Waals surface area contributed by atoms with E-state index in [2.05, 4.69) is 39.9 Å². The molecular formula is C24H32N4O2. The number of benzene rings is 2. The van der Waals surface area contributed by atoms with Crippen LogP contribution in [0.5, 0.6) is 5.75 Å². The summed E-state index contributed by atoms with van der Waals surface area (Å²) in [6, 6.07) is 14.4. The second-order valence-electron chi connectivity index (χ2n) is 7.51. The van der Waals surface area contributed by atoms with Gasteiger partial charge in [0.25, 0.3) is 0 Å². The monoisotopic (exact) mass is 408 g/mol. The van der Waals surface area contributed by atoms with Crippen LogP contribution in [-0.2, 0) is 17.6 Å². The Morgan fingerprint density at radius 3 is 2.77 bits per heavy atom. The van der Waals surface area contributed by atoms with Crippen molar-refractivity contribution >= 4 is 17.6 Å². The number of guanidine groups is 1. The molecule has 1 aliphatic heterocycles. The number of aryl methyl sites for hydroxylation is 1. The normalized spacial score (nSPS) is 13.2. The molecule has 160 valence electrons. The van der Waals surface area contributed by atoms with Gasteiger partial charge in [0.15, 0.2) is 5.96 Å². The minimum atomic E-state index is 0.193. The van der Waals surface area contributed by atoms with Gasteiger partial charge in [-0.1, -0.05) is 30.3 Å². The van der Waals surface area contributed by atoms with E-state index in [0.717, 1.165) is 55.3 Å². The van der Waals surface area contributed by atoms with Crippen molar-refractivity contribution in [2.24, 2.45) is 4.99 Å². The molecule has 0 aromatic heterocycles. The van der Waals surface area contributed by atoms with E-state index >= 15 is 0 Å². The number of hydrogen-bond donors (Lipinski definition) is 2. The topological polar surface area (TPSA) is 66.0 Å². The third kappa shape index (κ3) is 5.53. The number of ether oxygens (including phenoxy) is 1. The van der Waals surface area contributed by atoms with E-state index in [1.807, 2.05) is 30.0 Å². The number of hydrogen-bond acceptors (Lipinski definition) is 3. The van der Waals surface area contributed by atoms with Crippen molar-refractivity contribution in [2.45, 2.75) is 32.6 Å². The Bertz CT molecular complexity index is 895. The molecule has 0 bridgehead atoms. The van der Waals surface area contributed by atoms with Crippen LogP contribution in [0.4, 0.5) is 5.69 Å². The number of fused-ring (bicyclic) bond motifs is 1. The lowest BCUT2D eigenvalue weighted by Crippen LogP contribution is -2.39. The smallest absolute Gasteiger partial charge is 0.227 e. The number of nitrogens with one attached hydrogen (secondary N) is 2. The lowest BCUT2D eigenvalue weighted by molar-refractivity contribution is -0.118. The largest absolute Gasteiger partial charge is 0.496 e. The van der Waals surface area contributed by atoms with Crippen LogP contribution in [0.2, 0.25) is 0 Å². The predicted octanol–water partition coefficient (Wildman–Crippen LogP) is 3.08. The summed E-state index contributed by atoms with van der Waals surface area (Å²) < 4.78 is 5.39. The zero-order valence-electron chi connectivity index (χ0n) is 18.2. The molecule has 3 rings (SSSR count). The number of amides is 1. The fourth-order valence-corrected chi connectivity index (χ4v) is 3.74. The average Bonchev–Trinajstić information content (AvgIpc) is 3.20. The van der Waals surface area contributed by atoms with E-state index in [4.69, 9.17) is 4.74 Å². The van der Waals surface area contributed by atoms with Crippen LogP contribution in [0.1, 0.15) is 29.5 Å². The summed E-state index contributed by atoms with van der Waals surface area (Å²) in [6.45, 7) is 4.31. The van der Waals surface area contributed by atoms with Crippen LogP contribution in [0, 0.1) is 6.92 Å². The third-order valence-corrected chi connectivity index (χ3v) is 5.45. The third-order valence-electron chi connectivity index (χ3n) is 5.45. The summed E-state index contributed by atoms with van der Waals surface area (Å²) in [7, 11) is 3.46. The number of aliphatic imine (C=N–C) groups is 1. The number of anilines is 1. The van der Waals surface area contributed by atoms with Crippen molar-refractivity contribution in [2.75, 3.05) is 38.7 Å². The van der Waals surface area contributed by atoms with Gasteiger partial charge >= 0.3 is 0 Å². The van der Waals surface area contributed by atoms with Gasteiger partial charge in [0.2, 0.25) is 5.91 Å². The SMILES string of the molecule is CN=C(NCCCC(=O)N1CCc2ccccc21)NCCc1ccc(C)c(OC)c1. The summed E-state index contributed by atoms with van der Waals surface area (Å²) in [5.74, 6) is 1.87. The Morgan fingerprint density at radius 2 is 1.97 bits per heavy atom. The van der Waals surface area contributed by atoms with Gasteiger partial charge in [0.05, 0.1) is 7.11 Å². The molecule has 0 fully saturated rings. The molecule has 0 saturated carbocycles. The van der Waals surface area contributed by atoms with Gasteiger partial charge in [-0.05, 0) is 55.0 Å². The van der Waals surface area contributed by atoms with Gasteiger partial charge in [-0.2, -0.15) is 0 Å². The quantitative estimate of drug-likeness (QED) is 0.400. The average molecular weight is 409 g/mol. The molecule has 2 aromatic rings. The Morgan fingerprint density at radius 1 is 1.17 bits per heavy atom. The van der Waals surface area contributed by atoms with Crippen molar-refractivity contribution in [3.05, 3.63) is 59.2 Å². The molecule has 0 radical (unpaired) electrons. The molecule has 2 N–H and O–H groups in total. The minimum Gasteiger partial charge on any atom is -0.496 e. The highest BCUT2D eigenvalue weighted by atomic mass is 16.5. The standard InChI is InChI=1S/C24H32N4O2/c1-18-10-11-19(17-22(18)30-3)12-15-27-24(25-2)26-14-6-9-23(29)28-16-13-20-7-4-5-8-21(20)28/h4-5,7-8,10-11,17H,6,9,12-16H2,1-3H3,(H2,25,26,27). The molecule has 1 amide bonds. The van der Waals surface area contributed by atoms with Crippen molar-refractivity contribution in [1.82, 2.24) is 10.6 Å². The Balaban J connectivity index is 1.36. The Kier molecular flexibility index (Phi) is 7.71. The maximum Gasteiger partial charge on any atom is 0.227 e. The van der Waals surface area contributed by atoms with Gasteiger partial charge in [-0.15, -0.1) is 0 Å². The fourth-order valence-electron chi connectivity index (χ4n) is 3.74. The molecule has 0 spiro atoms. The molecule has 6 nitrogen and oxygen atoms in total. The van der Waals surface area contributed by atoms with E-state index < -0.39 is 0 Å². The molecule has 1 aliphatic rings. The van der Waals surface area contributed by atoms with Crippen LogP contribution in [-0.4, -0.2) is 45.7 Å². The number of carbonyl (C=O) groups excluding carboxylic acids is 1. The van der Waals surface area contributed by atoms with E-state index in [1.165, 1.54) is 11.1 Å². The lowest BCUT2D eigenvalue weighted by atomic mass is 10.1. The van der Waals surface area contributed by atoms with Crippen molar-refractivity contribution in [3.63, 3.8) is 0 Å². The Hall–Kier alpha value is -3.02. The zero-order valence-corrected chi connectivity index (χ0v) is 18.2. The summed E-state index contributed by atoms with van der Waals surface area (Å²) in [6.07, 6.45) is 3.13. The first-order chi connectivity index (χ1) is 14.6. The summed E-state index contributed by atoms with van der Waals surface area (Å²) >= 11 is 0. The van der Waals surface area contributed by atoms with E-state index in [1.54, 1.807) is 14.2 Å². The molecule has 0 saturated heterocycles. The van der Waals surface area contributed by atoms with Crippen molar-refractivity contribution < 1.29 is 9.53 Å². The first-order valence-corrected chi connectivity index (χ1v) is 10.6. The van der Waals surface area contributed by atoms with Gasteiger partial charge in [0.1, 0.15) is 5.75 Å². The molecule has 0 aliphatic carbocycles. The summed E-state index contributed by atoms with van der Waals surface area (Å²) in [5, 5.41) is 6.62. The summed E-state index contributed by atoms with van der Waals surface area (Å²) in [5.41, 5.74) is 4.69. The molecule has 30 heavy (non-hydrogen) atoms. The van der Waals surface area contributed by atoms with Gasteiger partial charge in [0, 0.05) is 38.8 Å². The maximum atomic E-state index is 12.6. The minimum absolute atomic E-state index is 0.193. The molecule has 2 aromatic carbocycles. The number of para-hydroxylation sites is 1. The highest BCUT2D eigenvalue weighted by Crippen LogP contribution is 2.28. The first kappa shape index (κ1) is 21.7. The second-order valence-corrected chi connectivity index (χ2v) is 7.51. The number of methoxy groups -OCH3 is 1. The molecule has 6 heteroatoms. The number of carbonyl (C=O) groups is 1. The van der Waals surface area contributed by atoms with Crippen LogP contribution in [0.15, 0.2) is 47.5 Å². The fraction of sp³-hybridized carbons (Fsp3) is 0.417. The van der Waals surface area contributed by atoms with Gasteiger partial charge in [-0.3, -0.25) is 9.79 Å². The van der Waals surface area contributed by atoms with Crippen LogP contribution in [0.3, 0.4) is 0 Å².